The molecule has 1 aromatic heterocycles. The Labute approximate surface area is 369 Å². The molecule has 2 aliphatic carbocycles. The molecular formula is C63H36O. The first-order valence-corrected chi connectivity index (χ1v) is 22.3. The first-order valence-electron chi connectivity index (χ1n) is 22.3. The van der Waals surface area contributed by atoms with E-state index in [-0.39, 0.29) is 0 Å². The maximum atomic E-state index is 6.51. The number of hydrogen-bond acceptors (Lipinski definition) is 1. The van der Waals surface area contributed by atoms with E-state index in [1.165, 1.54) is 126 Å². The van der Waals surface area contributed by atoms with Crippen LogP contribution in [0.4, 0.5) is 0 Å². The van der Waals surface area contributed by atoms with Crippen LogP contribution >= 0.6 is 0 Å². The van der Waals surface area contributed by atoms with Gasteiger partial charge in [0, 0.05) is 10.8 Å². The summed E-state index contributed by atoms with van der Waals surface area (Å²) in [5, 5.41) is 14.8. The van der Waals surface area contributed by atoms with Gasteiger partial charge in [-0.15, -0.1) is 0 Å². The first-order chi connectivity index (χ1) is 31.8. The van der Waals surface area contributed by atoms with Crippen LogP contribution in [0.25, 0.3) is 120 Å². The van der Waals surface area contributed by atoms with Crippen molar-refractivity contribution in [2.45, 2.75) is 5.41 Å². The van der Waals surface area contributed by atoms with Gasteiger partial charge in [0.05, 0.1) is 5.41 Å². The molecule has 0 saturated carbocycles. The molecule has 0 atom stereocenters. The van der Waals surface area contributed by atoms with Crippen LogP contribution in [0.5, 0.6) is 0 Å². The summed E-state index contributed by atoms with van der Waals surface area (Å²) in [5.74, 6) is 0. The van der Waals surface area contributed by atoms with Crippen molar-refractivity contribution in [3.05, 3.63) is 241 Å². The van der Waals surface area contributed by atoms with E-state index in [0.717, 1.165) is 16.6 Å². The van der Waals surface area contributed by atoms with E-state index in [0.29, 0.717) is 0 Å². The molecule has 0 amide bonds. The smallest absolute Gasteiger partial charge is 0.136 e. The Morgan fingerprint density at radius 3 is 1.45 bits per heavy atom. The van der Waals surface area contributed by atoms with Crippen molar-refractivity contribution >= 4 is 75.8 Å². The Morgan fingerprint density at radius 1 is 0.266 bits per heavy atom. The average molecular weight is 809 g/mol. The highest BCUT2D eigenvalue weighted by atomic mass is 16.3. The molecule has 0 saturated heterocycles. The lowest BCUT2D eigenvalue weighted by atomic mass is 9.69. The summed E-state index contributed by atoms with van der Waals surface area (Å²) in [7, 11) is 0. The van der Waals surface area contributed by atoms with E-state index in [4.69, 9.17) is 4.42 Å². The fourth-order valence-corrected chi connectivity index (χ4v) is 12.3. The third-order valence-corrected chi connectivity index (χ3v) is 14.8. The predicted molar refractivity (Wildman–Crippen MR) is 268 cm³/mol. The standard InChI is InChI=1S/C63H36O/c1-2-17-39-35-55-51(33-38(39)16-1)61-45-22-6-5-19-42(45)50(36-56(61)63(55)53-27-13-11-20-43(53)44-21-12-14-28-54(44)63)60-48-25-9-7-23-46(48)59(47-24-8-10-26-49(47)60)40-30-31-57-52(34-40)62-41-18-4-3-15-37(41)29-32-58(62)64-57/h1-36H. The third-order valence-electron chi connectivity index (χ3n) is 14.8. The summed E-state index contributed by atoms with van der Waals surface area (Å²) in [6, 6.07) is 81.8. The molecule has 13 aromatic rings. The van der Waals surface area contributed by atoms with Gasteiger partial charge in [0.25, 0.3) is 0 Å². The van der Waals surface area contributed by atoms with Gasteiger partial charge >= 0.3 is 0 Å². The first kappa shape index (κ1) is 34.3. The van der Waals surface area contributed by atoms with Gasteiger partial charge in [0.1, 0.15) is 11.2 Å². The lowest BCUT2D eigenvalue weighted by Crippen LogP contribution is -2.26. The van der Waals surface area contributed by atoms with Crippen LogP contribution in [0.2, 0.25) is 0 Å². The topological polar surface area (TPSA) is 13.1 Å². The molecule has 15 rings (SSSR count). The van der Waals surface area contributed by atoms with E-state index < -0.39 is 5.41 Å². The van der Waals surface area contributed by atoms with Gasteiger partial charge < -0.3 is 4.42 Å². The van der Waals surface area contributed by atoms with Crippen LogP contribution in [0.1, 0.15) is 22.3 Å². The molecule has 2 aliphatic rings. The Bertz CT molecular complexity index is 4100. The van der Waals surface area contributed by atoms with E-state index in [9.17, 15) is 0 Å². The van der Waals surface area contributed by atoms with E-state index in [2.05, 4.69) is 218 Å². The quantitative estimate of drug-likeness (QED) is 0.159. The molecule has 0 fully saturated rings. The minimum Gasteiger partial charge on any atom is -0.456 e. The molecule has 1 nitrogen and oxygen atoms in total. The molecule has 1 spiro atoms. The second-order valence-electron chi connectivity index (χ2n) is 17.8. The molecule has 0 aliphatic heterocycles. The van der Waals surface area contributed by atoms with Gasteiger partial charge in [-0.2, -0.15) is 0 Å². The third kappa shape index (κ3) is 4.29. The van der Waals surface area contributed by atoms with Gasteiger partial charge in [0.15, 0.2) is 0 Å². The van der Waals surface area contributed by atoms with Gasteiger partial charge in [-0.25, -0.2) is 0 Å². The van der Waals surface area contributed by atoms with Crippen LogP contribution in [0.15, 0.2) is 223 Å². The zero-order chi connectivity index (χ0) is 41.7. The molecule has 64 heavy (non-hydrogen) atoms. The summed E-state index contributed by atoms with van der Waals surface area (Å²) < 4.78 is 6.51. The van der Waals surface area contributed by atoms with Crippen molar-refractivity contribution in [2.24, 2.45) is 0 Å². The lowest BCUT2D eigenvalue weighted by molar-refractivity contribution is 0.669. The molecule has 12 aromatic carbocycles. The zero-order valence-electron chi connectivity index (χ0n) is 34.7. The van der Waals surface area contributed by atoms with Gasteiger partial charge in [-0.05, 0) is 157 Å². The highest BCUT2D eigenvalue weighted by Gasteiger charge is 2.52. The van der Waals surface area contributed by atoms with Crippen molar-refractivity contribution in [1.29, 1.82) is 0 Å². The lowest BCUT2D eigenvalue weighted by Gasteiger charge is -2.31. The molecule has 0 radical (unpaired) electrons. The molecule has 0 unspecified atom stereocenters. The number of hydrogen-bond donors (Lipinski definition) is 0. The molecular weight excluding hydrogens is 773 g/mol. The maximum absolute atomic E-state index is 6.51. The molecule has 0 N–H and O–H groups in total. The minimum atomic E-state index is -0.501. The van der Waals surface area contributed by atoms with Gasteiger partial charge in [-0.1, -0.05) is 182 Å². The zero-order valence-corrected chi connectivity index (χ0v) is 34.7. The van der Waals surface area contributed by atoms with Gasteiger partial charge in [0.2, 0.25) is 0 Å². The van der Waals surface area contributed by atoms with E-state index in [1.54, 1.807) is 0 Å². The number of benzene rings is 12. The van der Waals surface area contributed by atoms with Crippen LogP contribution in [0, 0.1) is 0 Å². The summed E-state index contributed by atoms with van der Waals surface area (Å²) in [6.07, 6.45) is 0. The minimum absolute atomic E-state index is 0.501. The normalized spacial score (nSPS) is 13.4. The highest BCUT2D eigenvalue weighted by Crippen LogP contribution is 2.65. The monoisotopic (exact) mass is 808 g/mol. The van der Waals surface area contributed by atoms with Crippen molar-refractivity contribution < 1.29 is 4.42 Å². The summed E-state index contributed by atoms with van der Waals surface area (Å²) in [5.41, 5.74) is 17.0. The second kappa shape index (κ2) is 12.4. The Morgan fingerprint density at radius 2 is 0.781 bits per heavy atom. The van der Waals surface area contributed by atoms with Crippen LogP contribution in [-0.2, 0) is 5.41 Å². The summed E-state index contributed by atoms with van der Waals surface area (Å²) in [4.78, 5) is 0. The van der Waals surface area contributed by atoms with Crippen molar-refractivity contribution in [3.8, 4) is 44.5 Å². The SMILES string of the molecule is c1ccc2c(c1)-c1ccccc1C21c2cc3ccccc3cc2-c2c1cc(-c1c3ccccc3c(-c3ccc4oc5ccc6ccccc6c5c4c3)c3ccccc13)c1ccccc21. The summed E-state index contributed by atoms with van der Waals surface area (Å²) in [6.45, 7) is 0. The fraction of sp³-hybridized carbons (Fsp3) is 0.0159. The fourth-order valence-electron chi connectivity index (χ4n) is 12.3. The molecule has 0 bridgehead atoms. The number of rotatable bonds is 2. The second-order valence-corrected chi connectivity index (χ2v) is 17.8. The van der Waals surface area contributed by atoms with Crippen LogP contribution < -0.4 is 0 Å². The van der Waals surface area contributed by atoms with Crippen molar-refractivity contribution in [1.82, 2.24) is 0 Å². The Balaban J connectivity index is 1.08. The number of fused-ring (bicyclic) bond motifs is 20. The molecule has 1 heterocycles. The molecule has 294 valence electrons. The summed E-state index contributed by atoms with van der Waals surface area (Å²) >= 11 is 0. The molecule has 1 heteroatoms. The van der Waals surface area contributed by atoms with E-state index >= 15 is 0 Å². The maximum Gasteiger partial charge on any atom is 0.136 e. The van der Waals surface area contributed by atoms with Crippen molar-refractivity contribution in [3.63, 3.8) is 0 Å². The average Bonchev–Trinajstić information content (AvgIpc) is 3.98. The van der Waals surface area contributed by atoms with Crippen LogP contribution in [0.3, 0.4) is 0 Å². The highest BCUT2D eigenvalue weighted by molar-refractivity contribution is 6.26. The largest absolute Gasteiger partial charge is 0.456 e. The van der Waals surface area contributed by atoms with Gasteiger partial charge in [-0.3, -0.25) is 0 Å². The van der Waals surface area contributed by atoms with Crippen molar-refractivity contribution in [2.75, 3.05) is 0 Å². The predicted octanol–water partition coefficient (Wildman–Crippen LogP) is 17.0. The Hall–Kier alpha value is -8.26. The Kier molecular flexibility index (Phi) is 6.67. The van der Waals surface area contributed by atoms with Crippen LogP contribution in [-0.4, -0.2) is 0 Å². The van der Waals surface area contributed by atoms with E-state index in [1.807, 2.05) is 0 Å². The number of furan rings is 1.